The molecule has 0 radical (unpaired) electrons. The Balaban J connectivity index is 1.87. The van der Waals surface area contributed by atoms with Gasteiger partial charge in [-0.05, 0) is 35.8 Å². The summed E-state index contributed by atoms with van der Waals surface area (Å²) in [5.74, 6) is 0.817. The Morgan fingerprint density at radius 1 is 1.29 bits per heavy atom. The largest absolute Gasteiger partial charge is 0.347 e. The summed E-state index contributed by atoms with van der Waals surface area (Å²) in [7, 11) is 0. The number of carbonyl (C=O) groups excluding carboxylic acids is 1. The van der Waals surface area contributed by atoms with Crippen LogP contribution in [0.2, 0.25) is 0 Å². The molecule has 2 heterocycles. The smallest absolute Gasteiger partial charge is 0.262 e. The highest BCUT2D eigenvalue weighted by molar-refractivity contribution is 7.12. The first kappa shape index (κ1) is 11.0. The molecule has 0 aromatic carbocycles. The van der Waals surface area contributed by atoms with Gasteiger partial charge in [0.2, 0.25) is 0 Å². The minimum absolute atomic E-state index is 0.0933. The average molecular weight is 247 g/mol. The molecule has 1 fully saturated rings. The molecule has 17 heavy (non-hydrogen) atoms. The van der Waals surface area contributed by atoms with Crippen molar-refractivity contribution in [2.45, 2.75) is 32.1 Å². The number of amides is 1. The highest BCUT2D eigenvalue weighted by Crippen LogP contribution is 2.32. The number of thiophene rings is 1. The van der Waals surface area contributed by atoms with Gasteiger partial charge in [0.25, 0.3) is 5.91 Å². The number of nitrogens with one attached hydrogen (secondary N) is 1. The van der Waals surface area contributed by atoms with Crippen LogP contribution in [0, 0.1) is 5.92 Å². The SMILES string of the molecule is O=C1NC/C(=C/C2CCCCC2)c2ccsc21. The fourth-order valence-electron chi connectivity index (χ4n) is 2.82. The molecule has 1 N–H and O–H groups in total. The van der Waals surface area contributed by atoms with Gasteiger partial charge in [-0.2, -0.15) is 0 Å². The van der Waals surface area contributed by atoms with Crippen LogP contribution in [0.25, 0.3) is 5.57 Å². The molecule has 2 nitrogen and oxygen atoms in total. The zero-order chi connectivity index (χ0) is 11.7. The van der Waals surface area contributed by atoms with Crippen molar-refractivity contribution in [3.63, 3.8) is 0 Å². The number of rotatable bonds is 1. The number of fused-ring (bicyclic) bond motifs is 1. The van der Waals surface area contributed by atoms with E-state index in [0.717, 1.165) is 10.8 Å². The summed E-state index contributed by atoms with van der Waals surface area (Å²) in [5.41, 5.74) is 2.50. The van der Waals surface area contributed by atoms with Gasteiger partial charge in [0.15, 0.2) is 0 Å². The van der Waals surface area contributed by atoms with Gasteiger partial charge in [-0.25, -0.2) is 0 Å². The predicted molar refractivity (Wildman–Crippen MR) is 71.2 cm³/mol. The fourth-order valence-corrected chi connectivity index (χ4v) is 3.67. The maximum absolute atomic E-state index is 11.7. The fraction of sp³-hybridized carbons (Fsp3) is 0.500. The minimum atomic E-state index is 0.0933. The minimum Gasteiger partial charge on any atom is -0.347 e. The van der Waals surface area contributed by atoms with Crippen molar-refractivity contribution < 1.29 is 4.79 Å². The summed E-state index contributed by atoms with van der Waals surface area (Å²) in [5, 5.41) is 4.99. The first-order valence-electron chi connectivity index (χ1n) is 6.41. The third-order valence-corrected chi connectivity index (χ3v) is 4.66. The van der Waals surface area contributed by atoms with Gasteiger partial charge in [0.1, 0.15) is 0 Å². The van der Waals surface area contributed by atoms with Crippen LogP contribution in [0.5, 0.6) is 0 Å². The Labute approximate surface area is 106 Å². The molecule has 90 valence electrons. The van der Waals surface area contributed by atoms with Crippen LogP contribution in [-0.4, -0.2) is 12.5 Å². The summed E-state index contributed by atoms with van der Waals surface area (Å²) in [6.45, 7) is 0.707. The second-order valence-corrected chi connectivity index (χ2v) is 5.85. The summed E-state index contributed by atoms with van der Waals surface area (Å²) >= 11 is 1.55. The Bertz CT molecular complexity index is 455. The van der Waals surface area contributed by atoms with E-state index in [1.165, 1.54) is 43.2 Å². The molecule has 1 aliphatic heterocycles. The molecule has 1 saturated carbocycles. The van der Waals surface area contributed by atoms with Crippen molar-refractivity contribution in [3.05, 3.63) is 28.0 Å². The number of hydrogen-bond acceptors (Lipinski definition) is 2. The monoisotopic (exact) mass is 247 g/mol. The van der Waals surface area contributed by atoms with Crippen LogP contribution in [0.1, 0.15) is 47.3 Å². The summed E-state index contributed by atoms with van der Waals surface area (Å²) < 4.78 is 0. The molecule has 0 spiro atoms. The Hall–Kier alpha value is -1.09. The van der Waals surface area contributed by atoms with Gasteiger partial charge in [-0.3, -0.25) is 4.79 Å². The summed E-state index contributed by atoms with van der Waals surface area (Å²) in [4.78, 5) is 12.5. The summed E-state index contributed by atoms with van der Waals surface area (Å²) in [6.07, 6.45) is 9.15. The maximum atomic E-state index is 11.7. The maximum Gasteiger partial charge on any atom is 0.262 e. The van der Waals surface area contributed by atoms with Crippen molar-refractivity contribution in [1.82, 2.24) is 5.32 Å². The first-order chi connectivity index (χ1) is 8.34. The predicted octanol–water partition coefficient (Wildman–Crippen LogP) is 3.46. The zero-order valence-corrected chi connectivity index (χ0v) is 10.7. The van der Waals surface area contributed by atoms with Crippen molar-refractivity contribution in [2.75, 3.05) is 6.54 Å². The lowest BCUT2D eigenvalue weighted by atomic mass is 9.86. The lowest BCUT2D eigenvalue weighted by Crippen LogP contribution is -2.30. The van der Waals surface area contributed by atoms with E-state index in [1.54, 1.807) is 11.3 Å². The lowest BCUT2D eigenvalue weighted by Gasteiger charge is -2.22. The molecular formula is C14H17NOS. The quantitative estimate of drug-likeness (QED) is 0.809. The van der Waals surface area contributed by atoms with E-state index >= 15 is 0 Å². The Morgan fingerprint density at radius 2 is 2.12 bits per heavy atom. The molecule has 1 aromatic heterocycles. The molecule has 0 bridgehead atoms. The van der Waals surface area contributed by atoms with E-state index in [-0.39, 0.29) is 5.91 Å². The van der Waals surface area contributed by atoms with Gasteiger partial charge in [0.05, 0.1) is 4.88 Å². The van der Waals surface area contributed by atoms with Crippen LogP contribution in [0.4, 0.5) is 0 Å². The second kappa shape index (κ2) is 4.65. The first-order valence-corrected chi connectivity index (χ1v) is 7.29. The van der Waals surface area contributed by atoms with Gasteiger partial charge in [-0.1, -0.05) is 25.3 Å². The van der Waals surface area contributed by atoms with Crippen LogP contribution in [0.15, 0.2) is 17.5 Å². The van der Waals surface area contributed by atoms with Crippen LogP contribution in [0.3, 0.4) is 0 Å². The van der Waals surface area contributed by atoms with Crippen LogP contribution >= 0.6 is 11.3 Å². The standard InChI is InChI=1S/C14H17NOS/c16-14-13-12(6-7-17-13)11(9-15-14)8-10-4-2-1-3-5-10/h6-8,10H,1-5,9H2,(H,15,16)/b11-8-. The Morgan fingerprint density at radius 3 is 2.94 bits per heavy atom. The number of hydrogen-bond donors (Lipinski definition) is 1. The number of allylic oxidation sites excluding steroid dienone is 1. The van der Waals surface area contributed by atoms with E-state index in [0.29, 0.717) is 6.54 Å². The molecule has 2 aliphatic rings. The van der Waals surface area contributed by atoms with Gasteiger partial charge < -0.3 is 5.32 Å². The van der Waals surface area contributed by atoms with Crippen LogP contribution < -0.4 is 5.32 Å². The molecule has 0 saturated heterocycles. The summed E-state index contributed by atoms with van der Waals surface area (Å²) in [6, 6.07) is 2.09. The normalized spacial score (nSPS) is 23.5. The second-order valence-electron chi connectivity index (χ2n) is 4.94. The van der Waals surface area contributed by atoms with Crippen molar-refractivity contribution in [2.24, 2.45) is 5.92 Å². The average Bonchev–Trinajstić information content (AvgIpc) is 2.84. The van der Waals surface area contributed by atoms with E-state index in [4.69, 9.17) is 0 Å². The van der Waals surface area contributed by atoms with E-state index in [2.05, 4.69) is 17.5 Å². The lowest BCUT2D eigenvalue weighted by molar-refractivity contribution is 0.0959. The van der Waals surface area contributed by atoms with E-state index in [1.807, 2.05) is 5.38 Å². The van der Waals surface area contributed by atoms with E-state index in [9.17, 15) is 4.79 Å². The van der Waals surface area contributed by atoms with Gasteiger partial charge in [-0.15, -0.1) is 11.3 Å². The van der Waals surface area contributed by atoms with Crippen LogP contribution in [-0.2, 0) is 0 Å². The topological polar surface area (TPSA) is 29.1 Å². The third kappa shape index (κ3) is 2.16. The molecular weight excluding hydrogens is 230 g/mol. The molecule has 3 heteroatoms. The highest BCUT2D eigenvalue weighted by Gasteiger charge is 2.22. The molecule has 1 amide bonds. The third-order valence-electron chi connectivity index (χ3n) is 3.74. The Kier molecular flexibility index (Phi) is 3.02. The number of carbonyl (C=O) groups is 1. The molecule has 3 rings (SSSR count). The van der Waals surface area contributed by atoms with Crippen molar-refractivity contribution in [1.29, 1.82) is 0 Å². The zero-order valence-electron chi connectivity index (χ0n) is 9.87. The van der Waals surface area contributed by atoms with Gasteiger partial charge in [0, 0.05) is 12.1 Å². The molecule has 0 atom stereocenters. The van der Waals surface area contributed by atoms with Crippen molar-refractivity contribution in [3.8, 4) is 0 Å². The highest BCUT2D eigenvalue weighted by atomic mass is 32.1. The van der Waals surface area contributed by atoms with Crippen molar-refractivity contribution >= 4 is 22.8 Å². The van der Waals surface area contributed by atoms with Gasteiger partial charge >= 0.3 is 0 Å². The molecule has 1 aliphatic carbocycles. The molecule has 1 aromatic rings. The van der Waals surface area contributed by atoms with E-state index < -0.39 is 0 Å². The molecule has 0 unspecified atom stereocenters.